The van der Waals surface area contributed by atoms with Gasteiger partial charge in [-0.15, -0.1) is 0 Å². The van der Waals surface area contributed by atoms with Crippen LogP contribution in [0.25, 0.3) is 0 Å². The van der Waals surface area contributed by atoms with E-state index in [9.17, 15) is 0 Å². The Morgan fingerprint density at radius 1 is 1.56 bits per heavy atom. The molecule has 0 amide bonds. The van der Waals surface area contributed by atoms with Crippen molar-refractivity contribution in [3.05, 3.63) is 24.3 Å². The number of rotatable bonds is 3. The third kappa shape index (κ3) is 7.48. The van der Waals surface area contributed by atoms with Gasteiger partial charge in [0.05, 0.1) is 0 Å². The van der Waals surface area contributed by atoms with Crippen molar-refractivity contribution in [1.82, 2.24) is 0 Å². The molecule has 52 valence electrons. The Morgan fingerprint density at radius 3 is 2.44 bits per heavy atom. The average molecular weight is 124 g/mol. The van der Waals surface area contributed by atoms with Gasteiger partial charge in [0, 0.05) is 0 Å². The standard InChI is InChI=1S/C9H16/c1-8(2)6-5-7-9(3)4/h5-6,9H,1,7H2,2-4H3. The van der Waals surface area contributed by atoms with Crippen LogP contribution in [0.1, 0.15) is 27.2 Å². The average Bonchev–Trinajstić information content (AvgIpc) is 1.63. The Bertz CT molecular complexity index is 107. The highest BCUT2D eigenvalue weighted by atomic mass is 13.9. The first-order chi connectivity index (χ1) is 4.13. The first-order valence-electron chi connectivity index (χ1n) is 3.45. The second-order valence-electron chi connectivity index (χ2n) is 2.88. The van der Waals surface area contributed by atoms with E-state index < -0.39 is 0 Å². The van der Waals surface area contributed by atoms with Gasteiger partial charge in [-0.2, -0.15) is 0 Å². The van der Waals surface area contributed by atoms with Gasteiger partial charge in [0.25, 0.3) is 0 Å². The summed E-state index contributed by atoms with van der Waals surface area (Å²) in [5, 5.41) is 0. The highest BCUT2D eigenvalue weighted by Gasteiger charge is 1.85. The van der Waals surface area contributed by atoms with E-state index in [0.29, 0.717) is 0 Å². The lowest BCUT2D eigenvalue weighted by molar-refractivity contribution is 0.663. The highest BCUT2D eigenvalue weighted by molar-refractivity contribution is 5.10. The molecule has 0 nitrogen and oxygen atoms in total. The van der Waals surface area contributed by atoms with Gasteiger partial charge in [-0.1, -0.05) is 38.2 Å². The molecular formula is C9H16. The first-order valence-corrected chi connectivity index (χ1v) is 3.45. The van der Waals surface area contributed by atoms with Gasteiger partial charge in [-0.3, -0.25) is 0 Å². The molecule has 0 aliphatic carbocycles. The van der Waals surface area contributed by atoms with Crippen LogP contribution in [0.5, 0.6) is 0 Å². The van der Waals surface area contributed by atoms with Crippen molar-refractivity contribution >= 4 is 0 Å². The van der Waals surface area contributed by atoms with Gasteiger partial charge >= 0.3 is 0 Å². The summed E-state index contributed by atoms with van der Waals surface area (Å²) < 4.78 is 0. The fourth-order valence-corrected chi connectivity index (χ4v) is 0.541. The predicted molar refractivity (Wildman–Crippen MR) is 43.4 cm³/mol. The Balaban J connectivity index is 3.36. The maximum atomic E-state index is 3.77. The molecule has 0 saturated carbocycles. The van der Waals surface area contributed by atoms with Crippen LogP contribution in [0.15, 0.2) is 24.3 Å². The van der Waals surface area contributed by atoms with E-state index in [1.807, 2.05) is 6.92 Å². The lowest BCUT2D eigenvalue weighted by Gasteiger charge is -1.95. The lowest BCUT2D eigenvalue weighted by Crippen LogP contribution is -1.80. The minimum absolute atomic E-state index is 0.764. The lowest BCUT2D eigenvalue weighted by atomic mass is 10.1. The molecule has 0 unspecified atom stereocenters. The van der Waals surface area contributed by atoms with Crippen LogP contribution in [0.2, 0.25) is 0 Å². The largest absolute Gasteiger partial charge is 0.0961 e. The monoisotopic (exact) mass is 124 g/mol. The van der Waals surface area contributed by atoms with Crippen molar-refractivity contribution in [2.75, 3.05) is 0 Å². The minimum Gasteiger partial charge on any atom is -0.0961 e. The zero-order chi connectivity index (χ0) is 7.28. The number of hydrogen-bond donors (Lipinski definition) is 0. The van der Waals surface area contributed by atoms with E-state index in [-0.39, 0.29) is 0 Å². The second kappa shape index (κ2) is 4.37. The van der Waals surface area contributed by atoms with Crippen LogP contribution in [0, 0.1) is 5.92 Å². The Morgan fingerprint density at radius 2 is 2.11 bits per heavy atom. The molecule has 0 fully saturated rings. The SMILES string of the molecule is C=C(C)C=CCC(C)C. The molecule has 0 heteroatoms. The zero-order valence-electron chi connectivity index (χ0n) is 6.65. The van der Waals surface area contributed by atoms with E-state index >= 15 is 0 Å². The molecule has 0 aliphatic rings. The molecule has 0 rings (SSSR count). The highest BCUT2D eigenvalue weighted by Crippen LogP contribution is 2.01. The maximum absolute atomic E-state index is 3.77. The second-order valence-corrected chi connectivity index (χ2v) is 2.88. The third-order valence-electron chi connectivity index (χ3n) is 1.01. The van der Waals surface area contributed by atoms with Crippen LogP contribution >= 0.6 is 0 Å². The van der Waals surface area contributed by atoms with Crippen LogP contribution < -0.4 is 0 Å². The van der Waals surface area contributed by atoms with Gasteiger partial charge in [0.2, 0.25) is 0 Å². The molecule has 0 aliphatic heterocycles. The zero-order valence-corrected chi connectivity index (χ0v) is 6.65. The molecule has 0 saturated heterocycles. The predicted octanol–water partition coefficient (Wildman–Crippen LogP) is 3.16. The van der Waals surface area contributed by atoms with E-state index in [4.69, 9.17) is 0 Å². The summed E-state index contributed by atoms with van der Waals surface area (Å²) in [4.78, 5) is 0. The summed E-state index contributed by atoms with van der Waals surface area (Å²) in [6.07, 6.45) is 5.40. The molecule has 0 aromatic rings. The summed E-state index contributed by atoms with van der Waals surface area (Å²) in [7, 11) is 0. The van der Waals surface area contributed by atoms with Gasteiger partial charge in [0.15, 0.2) is 0 Å². The van der Waals surface area contributed by atoms with Gasteiger partial charge in [-0.05, 0) is 19.3 Å². The smallest absolute Gasteiger partial charge is 0.0324 e. The van der Waals surface area contributed by atoms with Crippen molar-refractivity contribution in [2.24, 2.45) is 5.92 Å². The van der Waals surface area contributed by atoms with Crippen LogP contribution in [0.3, 0.4) is 0 Å². The molecule has 9 heavy (non-hydrogen) atoms. The van der Waals surface area contributed by atoms with Gasteiger partial charge < -0.3 is 0 Å². The summed E-state index contributed by atoms with van der Waals surface area (Å²) in [5.74, 6) is 0.764. The molecule has 0 spiro atoms. The molecular weight excluding hydrogens is 108 g/mol. The number of allylic oxidation sites excluding steroid dienone is 3. The van der Waals surface area contributed by atoms with Crippen molar-refractivity contribution in [1.29, 1.82) is 0 Å². The molecule has 0 radical (unpaired) electrons. The Hall–Kier alpha value is -0.520. The van der Waals surface area contributed by atoms with E-state index in [2.05, 4.69) is 32.6 Å². The Kier molecular flexibility index (Phi) is 4.12. The van der Waals surface area contributed by atoms with Crippen molar-refractivity contribution in [2.45, 2.75) is 27.2 Å². The first kappa shape index (κ1) is 8.48. The topological polar surface area (TPSA) is 0 Å². The van der Waals surface area contributed by atoms with E-state index in [1.165, 1.54) is 0 Å². The Labute approximate surface area is 58.3 Å². The molecule has 0 N–H and O–H groups in total. The molecule has 0 bridgehead atoms. The van der Waals surface area contributed by atoms with Crippen LogP contribution in [-0.2, 0) is 0 Å². The molecule has 0 aromatic heterocycles. The van der Waals surface area contributed by atoms with Crippen LogP contribution in [0.4, 0.5) is 0 Å². The third-order valence-corrected chi connectivity index (χ3v) is 1.01. The molecule has 0 heterocycles. The number of hydrogen-bond acceptors (Lipinski definition) is 0. The van der Waals surface area contributed by atoms with E-state index in [0.717, 1.165) is 17.9 Å². The summed E-state index contributed by atoms with van der Waals surface area (Å²) in [6, 6.07) is 0. The summed E-state index contributed by atoms with van der Waals surface area (Å²) in [5.41, 5.74) is 1.13. The fourth-order valence-electron chi connectivity index (χ4n) is 0.541. The van der Waals surface area contributed by atoms with E-state index in [1.54, 1.807) is 0 Å². The minimum atomic E-state index is 0.764. The summed E-state index contributed by atoms with van der Waals surface area (Å²) in [6.45, 7) is 10.2. The van der Waals surface area contributed by atoms with Gasteiger partial charge in [0.1, 0.15) is 0 Å². The van der Waals surface area contributed by atoms with Crippen LogP contribution in [-0.4, -0.2) is 0 Å². The van der Waals surface area contributed by atoms with Crippen molar-refractivity contribution in [3.8, 4) is 0 Å². The quantitative estimate of drug-likeness (QED) is 0.507. The van der Waals surface area contributed by atoms with Gasteiger partial charge in [-0.25, -0.2) is 0 Å². The van der Waals surface area contributed by atoms with Crippen molar-refractivity contribution < 1.29 is 0 Å². The molecule has 0 aromatic carbocycles. The van der Waals surface area contributed by atoms with Crippen molar-refractivity contribution in [3.63, 3.8) is 0 Å². The normalized spacial score (nSPS) is 11.1. The molecule has 0 atom stereocenters. The summed E-state index contributed by atoms with van der Waals surface area (Å²) >= 11 is 0. The fraction of sp³-hybridized carbons (Fsp3) is 0.556. The maximum Gasteiger partial charge on any atom is -0.0324 e.